The highest BCUT2D eigenvalue weighted by molar-refractivity contribution is 6.39. The summed E-state index contributed by atoms with van der Waals surface area (Å²) in [7, 11) is 0. The minimum absolute atomic E-state index is 0.0105. The van der Waals surface area contributed by atoms with Gasteiger partial charge in [-0.2, -0.15) is 0 Å². The SMILES string of the molecule is CC(C)C[C@H](NC(=O)C(NC(=O)[C@@H](N)C(C)C)c1cc(O)cc(O)c1)C(=O)N[C@H](Cc1ccccc1)C(=O)C(=O)N[C@H](C(=O)N[C@H](C(=O)O)C(C)C)C(C)C. The van der Waals surface area contributed by atoms with E-state index in [1.165, 1.54) is 0 Å². The summed E-state index contributed by atoms with van der Waals surface area (Å²) in [5, 5.41) is 42.4. The van der Waals surface area contributed by atoms with Crippen LogP contribution in [-0.4, -0.2) is 86.8 Å². The summed E-state index contributed by atoms with van der Waals surface area (Å²) in [4.78, 5) is 93.1. The van der Waals surface area contributed by atoms with Gasteiger partial charge in [0, 0.05) is 12.5 Å². The van der Waals surface area contributed by atoms with E-state index in [1.807, 2.05) is 0 Å². The molecule has 0 radical (unpaired) electrons. The summed E-state index contributed by atoms with van der Waals surface area (Å²) in [6, 6.07) is 3.94. The second-order valence-corrected chi connectivity index (χ2v) is 15.1. The van der Waals surface area contributed by atoms with Crippen molar-refractivity contribution < 1.29 is 48.9 Å². The van der Waals surface area contributed by atoms with E-state index in [2.05, 4.69) is 26.6 Å². The number of carbonyl (C=O) groups is 7. The first kappa shape index (κ1) is 45.6. The van der Waals surface area contributed by atoms with Crippen LogP contribution in [0.5, 0.6) is 11.5 Å². The molecule has 0 saturated carbocycles. The number of phenols is 2. The lowest BCUT2D eigenvalue weighted by Gasteiger charge is -2.28. The van der Waals surface area contributed by atoms with Crippen LogP contribution in [0.25, 0.3) is 0 Å². The molecule has 2 aromatic rings. The van der Waals surface area contributed by atoms with E-state index in [0.29, 0.717) is 5.56 Å². The number of carbonyl (C=O) groups excluding carboxylic acids is 6. The lowest BCUT2D eigenvalue weighted by Crippen LogP contribution is -2.59. The van der Waals surface area contributed by atoms with Gasteiger partial charge in [0.25, 0.3) is 5.91 Å². The Labute approximate surface area is 321 Å². The molecule has 0 heterocycles. The Hall–Kier alpha value is -5.51. The van der Waals surface area contributed by atoms with Gasteiger partial charge in [-0.15, -0.1) is 0 Å². The molecule has 16 nitrogen and oxygen atoms in total. The van der Waals surface area contributed by atoms with Crippen LogP contribution < -0.4 is 32.3 Å². The molecular formula is C39H56N6O10. The van der Waals surface area contributed by atoms with Crippen molar-refractivity contribution in [3.8, 4) is 11.5 Å². The van der Waals surface area contributed by atoms with Gasteiger partial charge in [0.1, 0.15) is 41.7 Å². The first-order valence-electron chi connectivity index (χ1n) is 18.2. The van der Waals surface area contributed by atoms with Gasteiger partial charge in [0.15, 0.2) is 0 Å². The maximum atomic E-state index is 14.0. The van der Waals surface area contributed by atoms with Crippen molar-refractivity contribution in [2.75, 3.05) is 0 Å². The molecule has 0 fully saturated rings. The van der Waals surface area contributed by atoms with Crippen molar-refractivity contribution in [3.05, 3.63) is 59.7 Å². The number of rotatable bonds is 20. The van der Waals surface area contributed by atoms with E-state index in [1.54, 1.807) is 85.7 Å². The Balaban J connectivity index is 2.45. The molecule has 6 atom stereocenters. The maximum absolute atomic E-state index is 14.0. The third-order valence-corrected chi connectivity index (χ3v) is 8.77. The largest absolute Gasteiger partial charge is 0.508 e. The normalized spacial score (nSPS) is 14.6. The summed E-state index contributed by atoms with van der Waals surface area (Å²) < 4.78 is 0. The van der Waals surface area contributed by atoms with Crippen LogP contribution in [-0.2, 0) is 40.0 Å². The van der Waals surface area contributed by atoms with Gasteiger partial charge in [-0.05, 0) is 53.4 Å². The van der Waals surface area contributed by atoms with Crippen molar-refractivity contribution in [2.45, 2.75) is 104 Å². The molecule has 0 aliphatic heterocycles. The molecule has 0 spiro atoms. The molecule has 0 saturated heterocycles. The number of nitrogens with one attached hydrogen (secondary N) is 5. The molecule has 1 unspecified atom stereocenters. The topological polar surface area (TPSA) is 266 Å². The molecule has 10 N–H and O–H groups in total. The Bertz CT molecular complexity index is 1660. The van der Waals surface area contributed by atoms with E-state index in [9.17, 15) is 48.9 Å². The standard InChI is InChI=1S/C39H56N6O10/c1-19(2)14-28(42-37(52)32(45-35(50)29(40)20(3)4)24-16-25(46)18-26(47)17-24)34(49)41-27(15-23-12-10-9-11-13-23)33(48)38(53)43-30(21(5)6)36(51)44-31(22(7)8)39(54)55/h9-13,16-22,27-32,46-47H,14-15,40H2,1-8H3,(H,41,49)(H,42,52)(H,43,53)(H,44,51)(H,45,50)(H,54,55)/t27-,28+,29+,30+,31+,32?/m1/s1. The fourth-order valence-electron chi connectivity index (χ4n) is 5.58. The monoisotopic (exact) mass is 768 g/mol. The average molecular weight is 769 g/mol. The summed E-state index contributed by atoms with van der Waals surface area (Å²) in [5.74, 6) is -9.19. The van der Waals surface area contributed by atoms with Crippen LogP contribution in [0.1, 0.15) is 79.0 Å². The minimum atomic E-state index is -1.53. The van der Waals surface area contributed by atoms with Crippen molar-refractivity contribution in [1.29, 1.82) is 0 Å². The Morgan fingerprint density at radius 2 is 1.16 bits per heavy atom. The van der Waals surface area contributed by atoms with Crippen molar-refractivity contribution >= 4 is 41.3 Å². The predicted octanol–water partition coefficient (Wildman–Crippen LogP) is 1.43. The lowest BCUT2D eigenvalue weighted by atomic mass is 9.97. The van der Waals surface area contributed by atoms with Gasteiger partial charge in [-0.3, -0.25) is 28.8 Å². The molecule has 0 aliphatic carbocycles. The van der Waals surface area contributed by atoms with Crippen molar-refractivity contribution in [1.82, 2.24) is 26.6 Å². The zero-order valence-corrected chi connectivity index (χ0v) is 32.6. The first-order chi connectivity index (χ1) is 25.6. The number of ketones is 1. The highest BCUT2D eigenvalue weighted by Gasteiger charge is 2.36. The molecule has 302 valence electrons. The van der Waals surface area contributed by atoms with Gasteiger partial charge < -0.3 is 47.6 Å². The molecule has 16 heteroatoms. The molecule has 0 aromatic heterocycles. The fraction of sp³-hybridized carbons (Fsp3) is 0.513. The molecule has 0 aliphatic rings. The zero-order valence-electron chi connectivity index (χ0n) is 32.6. The number of aromatic hydroxyl groups is 2. The smallest absolute Gasteiger partial charge is 0.326 e. The van der Waals surface area contributed by atoms with E-state index >= 15 is 0 Å². The number of aliphatic carboxylic acids is 1. The number of carboxylic acids is 1. The number of benzene rings is 2. The van der Waals surface area contributed by atoms with Crippen LogP contribution in [0.2, 0.25) is 0 Å². The van der Waals surface area contributed by atoms with Crippen LogP contribution in [0.15, 0.2) is 48.5 Å². The van der Waals surface area contributed by atoms with Gasteiger partial charge in [-0.1, -0.05) is 85.7 Å². The first-order valence-corrected chi connectivity index (χ1v) is 18.2. The zero-order chi connectivity index (χ0) is 41.7. The third kappa shape index (κ3) is 14.0. The molecule has 5 amide bonds. The van der Waals surface area contributed by atoms with Gasteiger partial charge in [0.05, 0.1) is 6.04 Å². The number of hydrogen-bond donors (Lipinski definition) is 9. The third-order valence-electron chi connectivity index (χ3n) is 8.77. The fourth-order valence-corrected chi connectivity index (χ4v) is 5.58. The molecule has 2 rings (SSSR count). The van der Waals surface area contributed by atoms with Crippen LogP contribution in [0, 0.1) is 23.7 Å². The van der Waals surface area contributed by atoms with E-state index < -0.39 is 101 Å². The highest BCUT2D eigenvalue weighted by atomic mass is 16.4. The number of Topliss-reactive ketones (excluding diaryl/α,β-unsaturated/α-hetero) is 1. The van der Waals surface area contributed by atoms with Crippen LogP contribution in [0.3, 0.4) is 0 Å². The second kappa shape index (κ2) is 20.8. The number of hydrogen-bond acceptors (Lipinski definition) is 10. The lowest BCUT2D eigenvalue weighted by molar-refractivity contribution is -0.144. The molecule has 2 aromatic carbocycles. The highest BCUT2D eigenvalue weighted by Crippen LogP contribution is 2.26. The maximum Gasteiger partial charge on any atom is 0.326 e. The van der Waals surface area contributed by atoms with Crippen molar-refractivity contribution in [2.24, 2.45) is 29.4 Å². The quantitative estimate of drug-likeness (QED) is 0.0870. The van der Waals surface area contributed by atoms with E-state index in [0.717, 1.165) is 18.2 Å². The number of nitrogens with two attached hydrogens (primary N) is 1. The Morgan fingerprint density at radius 1 is 0.618 bits per heavy atom. The molecular weight excluding hydrogens is 712 g/mol. The Kier molecular flexibility index (Phi) is 17.3. The number of phenolic OH excluding ortho intramolecular Hbond substituents is 2. The van der Waals surface area contributed by atoms with E-state index in [4.69, 9.17) is 5.73 Å². The summed E-state index contributed by atoms with van der Waals surface area (Å²) >= 11 is 0. The molecule has 55 heavy (non-hydrogen) atoms. The van der Waals surface area contributed by atoms with Crippen LogP contribution in [0.4, 0.5) is 0 Å². The average Bonchev–Trinajstić information content (AvgIpc) is 3.09. The number of amides is 5. The summed E-state index contributed by atoms with van der Waals surface area (Å²) in [6.07, 6.45) is -0.105. The van der Waals surface area contributed by atoms with Gasteiger partial charge in [0.2, 0.25) is 29.4 Å². The molecule has 0 bridgehead atoms. The summed E-state index contributed by atoms with van der Waals surface area (Å²) in [6.45, 7) is 13.4. The minimum Gasteiger partial charge on any atom is -0.508 e. The van der Waals surface area contributed by atoms with Gasteiger partial charge >= 0.3 is 5.97 Å². The Morgan fingerprint density at radius 3 is 1.65 bits per heavy atom. The number of carboxylic acid groups (broad SMARTS) is 1. The van der Waals surface area contributed by atoms with Crippen LogP contribution >= 0.6 is 0 Å². The van der Waals surface area contributed by atoms with E-state index in [-0.39, 0.29) is 30.2 Å². The van der Waals surface area contributed by atoms with Crippen molar-refractivity contribution in [3.63, 3.8) is 0 Å². The predicted molar refractivity (Wildman–Crippen MR) is 203 cm³/mol. The van der Waals surface area contributed by atoms with Gasteiger partial charge in [-0.25, -0.2) is 4.79 Å². The summed E-state index contributed by atoms with van der Waals surface area (Å²) in [5.41, 5.74) is 6.59. The second-order valence-electron chi connectivity index (χ2n) is 15.1.